The second kappa shape index (κ2) is 6.32. The van der Waals surface area contributed by atoms with E-state index < -0.39 is 0 Å². The molecule has 1 unspecified atom stereocenters. The summed E-state index contributed by atoms with van der Waals surface area (Å²) in [6.45, 7) is 11.1. The van der Waals surface area contributed by atoms with Crippen LogP contribution >= 0.6 is 0 Å². The van der Waals surface area contributed by atoms with E-state index in [0.29, 0.717) is 6.61 Å². The Balaban J connectivity index is 2.89. The van der Waals surface area contributed by atoms with Gasteiger partial charge in [-0.15, -0.1) is 0 Å². The average Bonchev–Trinajstić information content (AvgIpc) is 2.29. The summed E-state index contributed by atoms with van der Waals surface area (Å²) >= 11 is 0. The molecule has 0 aliphatic carbocycles. The molecule has 1 aromatic carbocycles. The number of aryl methyl sites for hydroxylation is 2. The molecule has 3 N–H and O–H groups in total. The number of benzene rings is 1. The predicted molar refractivity (Wildman–Crippen MR) is 76.4 cm³/mol. The van der Waals surface area contributed by atoms with Crippen LogP contribution in [0.3, 0.4) is 0 Å². The van der Waals surface area contributed by atoms with Crippen LogP contribution in [0.25, 0.3) is 0 Å². The molecule has 0 spiro atoms. The third-order valence-corrected chi connectivity index (χ3v) is 3.49. The van der Waals surface area contributed by atoms with Gasteiger partial charge in [-0.25, -0.2) is 0 Å². The van der Waals surface area contributed by atoms with Crippen LogP contribution in [0.15, 0.2) is 18.2 Å². The molecule has 0 bridgehead atoms. The lowest BCUT2D eigenvalue weighted by atomic mass is 9.90. The van der Waals surface area contributed by atoms with Crippen molar-refractivity contribution in [1.29, 1.82) is 0 Å². The van der Waals surface area contributed by atoms with Crippen molar-refractivity contribution in [3.63, 3.8) is 0 Å². The molecule has 0 amide bonds. The first-order valence-electron chi connectivity index (χ1n) is 6.57. The van der Waals surface area contributed by atoms with Gasteiger partial charge in [0.25, 0.3) is 0 Å². The lowest BCUT2D eigenvalue weighted by Crippen LogP contribution is -2.52. The van der Waals surface area contributed by atoms with Crippen molar-refractivity contribution in [2.75, 3.05) is 6.61 Å². The van der Waals surface area contributed by atoms with Gasteiger partial charge in [-0.1, -0.05) is 23.8 Å². The summed E-state index contributed by atoms with van der Waals surface area (Å²) in [6.07, 6.45) is 0.872. The summed E-state index contributed by atoms with van der Waals surface area (Å²) in [5.74, 6) is 5.70. The fourth-order valence-corrected chi connectivity index (χ4v) is 2.22. The highest BCUT2D eigenvalue weighted by atomic mass is 16.5. The van der Waals surface area contributed by atoms with Crippen LogP contribution < -0.4 is 11.3 Å². The summed E-state index contributed by atoms with van der Waals surface area (Å²) in [5, 5.41) is 0. The Hall–Kier alpha value is -0.900. The van der Waals surface area contributed by atoms with Gasteiger partial charge in [0.15, 0.2) is 0 Å². The van der Waals surface area contributed by atoms with Gasteiger partial charge in [0.05, 0.1) is 11.6 Å². The van der Waals surface area contributed by atoms with Gasteiger partial charge >= 0.3 is 0 Å². The summed E-state index contributed by atoms with van der Waals surface area (Å²) in [4.78, 5) is 0. The third-order valence-electron chi connectivity index (χ3n) is 3.49. The number of hydrazine groups is 1. The Bertz CT molecular complexity index is 388. The molecule has 0 aliphatic heterocycles. The summed E-state index contributed by atoms with van der Waals surface area (Å²) in [6, 6.07) is 6.61. The van der Waals surface area contributed by atoms with Gasteiger partial charge in [-0.05, 0) is 52.2 Å². The molecular weight excluding hydrogens is 224 g/mol. The third kappa shape index (κ3) is 3.80. The van der Waals surface area contributed by atoms with E-state index in [0.717, 1.165) is 6.42 Å². The van der Waals surface area contributed by atoms with Crippen LogP contribution in [0.2, 0.25) is 0 Å². The topological polar surface area (TPSA) is 47.3 Å². The van der Waals surface area contributed by atoms with Crippen molar-refractivity contribution in [2.45, 2.75) is 52.7 Å². The standard InChI is InChI=1S/C15H26N2O/c1-6-18-15(4,5)14(17-16)10-13-9-11(2)7-8-12(13)3/h7-9,14,17H,6,10,16H2,1-5H3. The maximum Gasteiger partial charge on any atom is 0.0795 e. The fraction of sp³-hybridized carbons (Fsp3) is 0.600. The van der Waals surface area contributed by atoms with E-state index >= 15 is 0 Å². The second-order valence-corrected chi connectivity index (χ2v) is 5.39. The largest absolute Gasteiger partial charge is 0.374 e. The van der Waals surface area contributed by atoms with Gasteiger partial charge in [-0.3, -0.25) is 11.3 Å². The molecule has 0 saturated carbocycles. The van der Waals surface area contributed by atoms with Gasteiger partial charge in [0.1, 0.15) is 0 Å². The number of hydrogen-bond acceptors (Lipinski definition) is 3. The van der Waals surface area contributed by atoms with E-state index in [1.54, 1.807) is 0 Å². The van der Waals surface area contributed by atoms with Crippen LogP contribution in [-0.4, -0.2) is 18.2 Å². The Labute approximate surface area is 111 Å². The second-order valence-electron chi connectivity index (χ2n) is 5.39. The van der Waals surface area contributed by atoms with E-state index in [9.17, 15) is 0 Å². The molecule has 102 valence electrons. The normalized spacial score (nSPS) is 13.7. The minimum atomic E-state index is -0.278. The number of nitrogens with one attached hydrogen (secondary N) is 1. The Morgan fingerprint density at radius 3 is 2.56 bits per heavy atom. The van der Waals surface area contributed by atoms with Crippen molar-refractivity contribution in [3.05, 3.63) is 34.9 Å². The van der Waals surface area contributed by atoms with Gasteiger partial charge < -0.3 is 4.74 Å². The van der Waals surface area contributed by atoms with Crippen molar-refractivity contribution in [2.24, 2.45) is 5.84 Å². The van der Waals surface area contributed by atoms with Crippen molar-refractivity contribution in [3.8, 4) is 0 Å². The molecule has 1 rings (SSSR count). The Morgan fingerprint density at radius 1 is 1.33 bits per heavy atom. The number of ether oxygens (including phenoxy) is 1. The first-order valence-corrected chi connectivity index (χ1v) is 6.57. The molecule has 0 saturated heterocycles. The monoisotopic (exact) mass is 250 g/mol. The van der Waals surface area contributed by atoms with Crippen molar-refractivity contribution in [1.82, 2.24) is 5.43 Å². The molecule has 0 radical (unpaired) electrons. The zero-order valence-corrected chi connectivity index (χ0v) is 12.2. The van der Waals surface area contributed by atoms with E-state index in [4.69, 9.17) is 10.6 Å². The summed E-state index contributed by atoms with van der Waals surface area (Å²) < 4.78 is 5.78. The van der Waals surface area contributed by atoms with Crippen molar-refractivity contribution >= 4 is 0 Å². The quantitative estimate of drug-likeness (QED) is 0.602. The number of rotatable bonds is 6. The number of nitrogens with two attached hydrogens (primary N) is 1. The number of hydrogen-bond donors (Lipinski definition) is 2. The highest BCUT2D eigenvalue weighted by Gasteiger charge is 2.29. The lowest BCUT2D eigenvalue weighted by molar-refractivity contribution is -0.0381. The molecule has 18 heavy (non-hydrogen) atoms. The molecule has 0 aromatic heterocycles. The molecule has 1 atom stereocenters. The Morgan fingerprint density at radius 2 is 2.00 bits per heavy atom. The van der Waals surface area contributed by atoms with Crippen LogP contribution in [0, 0.1) is 13.8 Å². The summed E-state index contributed by atoms with van der Waals surface area (Å²) in [5.41, 5.74) is 6.52. The van der Waals surface area contributed by atoms with Crippen LogP contribution in [-0.2, 0) is 11.2 Å². The van der Waals surface area contributed by atoms with Crippen LogP contribution in [0.1, 0.15) is 37.5 Å². The minimum absolute atomic E-state index is 0.0953. The molecule has 3 heteroatoms. The van der Waals surface area contributed by atoms with E-state index in [2.05, 4.69) is 51.3 Å². The molecule has 1 aromatic rings. The zero-order valence-electron chi connectivity index (χ0n) is 12.2. The highest BCUT2D eigenvalue weighted by Crippen LogP contribution is 2.21. The fourth-order valence-electron chi connectivity index (χ4n) is 2.22. The first kappa shape index (κ1) is 15.2. The highest BCUT2D eigenvalue weighted by molar-refractivity contribution is 5.31. The van der Waals surface area contributed by atoms with Gasteiger partial charge in [0.2, 0.25) is 0 Å². The first-order chi connectivity index (χ1) is 8.40. The van der Waals surface area contributed by atoms with Crippen molar-refractivity contribution < 1.29 is 4.74 Å². The van der Waals surface area contributed by atoms with Crippen LogP contribution in [0.5, 0.6) is 0 Å². The van der Waals surface area contributed by atoms with E-state index in [1.165, 1.54) is 16.7 Å². The SMILES string of the molecule is CCOC(C)(C)C(Cc1cc(C)ccc1C)NN. The van der Waals surface area contributed by atoms with E-state index in [-0.39, 0.29) is 11.6 Å². The van der Waals surface area contributed by atoms with Gasteiger partial charge in [-0.2, -0.15) is 0 Å². The Kier molecular flexibility index (Phi) is 5.32. The zero-order chi connectivity index (χ0) is 13.8. The molecule has 0 fully saturated rings. The minimum Gasteiger partial charge on any atom is -0.374 e. The predicted octanol–water partition coefficient (Wildman–Crippen LogP) is 2.49. The van der Waals surface area contributed by atoms with Gasteiger partial charge in [0, 0.05) is 6.61 Å². The maximum absolute atomic E-state index is 5.78. The van der Waals surface area contributed by atoms with E-state index in [1.807, 2.05) is 6.92 Å². The van der Waals surface area contributed by atoms with Crippen LogP contribution in [0.4, 0.5) is 0 Å². The molecular formula is C15H26N2O. The maximum atomic E-state index is 5.78. The molecule has 3 nitrogen and oxygen atoms in total. The lowest BCUT2D eigenvalue weighted by Gasteiger charge is -2.34. The average molecular weight is 250 g/mol. The summed E-state index contributed by atoms with van der Waals surface area (Å²) in [7, 11) is 0. The molecule has 0 heterocycles. The smallest absolute Gasteiger partial charge is 0.0795 e. The molecule has 0 aliphatic rings.